The Kier molecular flexibility index (Phi) is 4.71. The summed E-state index contributed by atoms with van der Waals surface area (Å²) in [5.74, 6) is -0.492. The number of hydrogen-bond donors (Lipinski definition) is 1. The van der Waals surface area contributed by atoms with Gasteiger partial charge in [0, 0.05) is 0 Å². The summed E-state index contributed by atoms with van der Waals surface area (Å²) in [5, 5.41) is 9.08. The molecule has 0 aromatic carbocycles. The van der Waals surface area contributed by atoms with Crippen LogP contribution in [0.25, 0.3) is 0 Å². The van der Waals surface area contributed by atoms with Gasteiger partial charge < -0.3 is 5.11 Å². The van der Waals surface area contributed by atoms with E-state index in [1.165, 1.54) is 12.8 Å². The van der Waals surface area contributed by atoms with Crippen LogP contribution >= 0.6 is 0 Å². The minimum Gasteiger partial charge on any atom is -0.481 e. The van der Waals surface area contributed by atoms with Gasteiger partial charge in [-0.05, 0) is 25.2 Å². The molecule has 1 saturated carbocycles. The van der Waals surface area contributed by atoms with E-state index in [0.717, 1.165) is 25.7 Å². The zero-order chi connectivity index (χ0) is 10.4. The highest BCUT2D eigenvalue weighted by atomic mass is 16.4. The van der Waals surface area contributed by atoms with Gasteiger partial charge in [-0.2, -0.15) is 0 Å². The molecule has 0 radical (unpaired) electrons. The van der Waals surface area contributed by atoms with Crippen molar-refractivity contribution in [2.24, 2.45) is 11.8 Å². The fourth-order valence-electron chi connectivity index (χ4n) is 2.17. The number of aliphatic carboxylic acids is 1. The maximum absolute atomic E-state index is 11.0. The van der Waals surface area contributed by atoms with E-state index < -0.39 is 5.97 Å². The zero-order valence-electron chi connectivity index (χ0n) is 8.91. The van der Waals surface area contributed by atoms with Crippen LogP contribution in [0.3, 0.4) is 0 Å². The summed E-state index contributed by atoms with van der Waals surface area (Å²) >= 11 is 0. The van der Waals surface area contributed by atoms with Crippen LogP contribution in [0.4, 0.5) is 0 Å². The lowest BCUT2D eigenvalue weighted by Crippen LogP contribution is -2.19. The van der Waals surface area contributed by atoms with E-state index in [1.54, 1.807) is 0 Å². The Morgan fingerprint density at radius 2 is 2.14 bits per heavy atom. The highest BCUT2D eigenvalue weighted by Gasteiger charge is 2.27. The Balaban J connectivity index is 2.49. The van der Waals surface area contributed by atoms with E-state index in [9.17, 15) is 4.79 Å². The maximum atomic E-state index is 11.0. The molecule has 0 aromatic heterocycles. The Bertz CT molecular complexity index is 202. The van der Waals surface area contributed by atoms with Crippen LogP contribution in [0.2, 0.25) is 0 Å². The number of carbonyl (C=O) groups is 1. The second kappa shape index (κ2) is 5.84. The first-order valence-electron chi connectivity index (χ1n) is 5.65. The molecule has 80 valence electrons. The predicted molar refractivity (Wildman–Crippen MR) is 57.1 cm³/mol. The fourth-order valence-corrected chi connectivity index (χ4v) is 2.17. The maximum Gasteiger partial charge on any atom is 0.310 e. The van der Waals surface area contributed by atoms with Gasteiger partial charge in [-0.1, -0.05) is 38.3 Å². The monoisotopic (exact) mass is 196 g/mol. The van der Waals surface area contributed by atoms with E-state index in [4.69, 9.17) is 5.11 Å². The van der Waals surface area contributed by atoms with Crippen LogP contribution in [0.15, 0.2) is 12.2 Å². The van der Waals surface area contributed by atoms with E-state index in [1.807, 2.05) is 12.2 Å². The van der Waals surface area contributed by atoms with Crippen LogP contribution in [-0.4, -0.2) is 11.1 Å². The molecule has 1 rings (SSSR count). The Morgan fingerprint density at radius 1 is 1.50 bits per heavy atom. The normalized spacial score (nSPS) is 20.4. The van der Waals surface area contributed by atoms with Crippen molar-refractivity contribution < 1.29 is 9.90 Å². The molecule has 1 atom stereocenters. The largest absolute Gasteiger partial charge is 0.481 e. The molecule has 0 aliphatic heterocycles. The highest BCUT2D eigenvalue weighted by Crippen LogP contribution is 2.32. The van der Waals surface area contributed by atoms with E-state index >= 15 is 0 Å². The SMILES string of the molecule is CCCC=CC(C(=O)O)C1CCCC1. The standard InChI is InChI=1S/C12H20O2/c1-2-3-4-9-11(12(13)14)10-7-5-6-8-10/h4,9-11H,2-3,5-8H2,1H3,(H,13,14). The highest BCUT2D eigenvalue weighted by molar-refractivity contribution is 5.72. The zero-order valence-corrected chi connectivity index (χ0v) is 8.91. The lowest BCUT2D eigenvalue weighted by molar-refractivity contribution is -0.141. The van der Waals surface area contributed by atoms with Crippen molar-refractivity contribution in [2.75, 3.05) is 0 Å². The molecule has 1 fully saturated rings. The average Bonchev–Trinajstić information content (AvgIpc) is 2.64. The summed E-state index contributed by atoms with van der Waals surface area (Å²) in [6, 6.07) is 0. The first-order valence-corrected chi connectivity index (χ1v) is 5.65. The van der Waals surface area contributed by atoms with Gasteiger partial charge in [-0.15, -0.1) is 0 Å². The first kappa shape index (κ1) is 11.3. The Labute approximate surface area is 86.0 Å². The van der Waals surface area contributed by atoms with E-state index in [2.05, 4.69) is 6.92 Å². The molecular formula is C12H20O2. The third-order valence-corrected chi connectivity index (χ3v) is 2.99. The number of hydrogen-bond acceptors (Lipinski definition) is 1. The van der Waals surface area contributed by atoms with E-state index in [0.29, 0.717) is 5.92 Å². The van der Waals surface area contributed by atoms with Crippen molar-refractivity contribution in [3.8, 4) is 0 Å². The van der Waals surface area contributed by atoms with Crippen molar-refractivity contribution in [2.45, 2.75) is 45.4 Å². The second-order valence-electron chi connectivity index (χ2n) is 4.13. The van der Waals surface area contributed by atoms with Crippen molar-refractivity contribution in [3.63, 3.8) is 0 Å². The molecule has 1 aliphatic rings. The summed E-state index contributed by atoms with van der Waals surface area (Å²) in [6.45, 7) is 2.11. The number of carboxylic acid groups (broad SMARTS) is 1. The fraction of sp³-hybridized carbons (Fsp3) is 0.750. The van der Waals surface area contributed by atoms with Gasteiger partial charge in [0.1, 0.15) is 0 Å². The molecule has 0 saturated heterocycles. The van der Waals surface area contributed by atoms with Crippen LogP contribution in [0.5, 0.6) is 0 Å². The van der Waals surface area contributed by atoms with Gasteiger partial charge in [-0.25, -0.2) is 0 Å². The molecule has 0 spiro atoms. The topological polar surface area (TPSA) is 37.3 Å². The minimum absolute atomic E-state index is 0.232. The minimum atomic E-state index is -0.649. The van der Waals surface area contributed by atoms with Crippen molar-refractivity contribution in [1.82, 2.24) is 0 Å². The molecule has 2 nitrogen and oxygen atoms in total. The quantitative estimate of drug-likeness (QED) is 0.685. The van der Waals surface area contributed by atoms with Crippen molar-refractivity contribution in [1.29, 1.82) is 0 Å². The van der Waals surface area contributed by atoms with Gasteiger partial charge in [0.25, 0.3) is 0 Å². The molecule has 0 amide bonds. The summed E-state index contributed by atoms with van der Waals surface area (Å²) in [6.07, 6.45) is 10.6. The smallest absolute Gasteiger partial charge is 0.310 e. The lowest BCUT2D eigenvalue weighted by atomic mass is 9.90. The molecule has 1 aliphatic carbocycles. The third kappa shape index (κ3) is 3.17. The van der Waals surface area contributed by atoms with Gasteiger partial charge in [0.2, 0.25) is 0 Å². The molecule has 0 aromatic rings. The molecule has 14 heavy (non-hydrogen) atoms. The van der Waals surface area contributed by atoms with Crippen LogP contribution in [0.1, 0.15) is 45.4 Å². The summed E-state index contributed by atoms with van der Waals surface area (Å²) in [7, 11) is 0. The number of allylic oxidation sites excluding steroid dienone is 1. The second-order valence-corrected chi connectivity index (χ2v) is 4.13. The predicted octanol–water partition coefficient (Wildman–Crippen LogP) is 3.23. The molecule has 1 N–H and O–H groups in total. The number of unbranched alkanes of at least 4 members (excludes halogenated alkanes) is 1. The van der Waals surface area contributed by atoms with Gasteiger partial charge in [-0.3, -0.25) is 4.79 Å². The van der Waals surface area contributed by atoms with Crippen LogP contribution in [0, 0.1) is 11.8 Å². The molecule has 1 unspecified atom stereocenters. The average molecular weight is 196 g/mol. The van der Waals surface area contributed by atoms with Crippen LogP contribution in [-0.2, 0) is 4.79 Å². The van der Waals surface area contributed by atoms with E-state index in [-0.39, 0.29) is 5.92 Å². The third-order valence-electron chi connectivity index (χ3n) is 2.99. The lowest BCUT2D eigenvalue weighted by Gasteiger charge is -2.14. The molecule has 0 heterocycles. The molecule has 0 bridgehead atoms. The molecular weight excluding hydrogens is 176 g/mol. The summed E-state index contributed by atoms with van der Waals surface area (Å²) < 4.78 is 0. The Hall–Kier alpha value is -0.790. The first-order chi connectivity index (χ1) is 6.75. The van der Waals surface area contributed by atoms with Gasteiger partial charge >= 0.3 is 5.97 Å². The number of carboxylic acids is 1. The van der Waals surface area contributed by atoms with Gasteiger partial charge in [0.15, 0.2) is 0 Å². The molecule has 2 heteroatoms. The Morgan fingerprint density at radius 3 is 2.64 bits per heavy atom. The summed E-state index contributed by atoms with van der Waals surface area (Å²) in [5.41, 5.74) is 0. The van der Waals surface area contributed by atoms with Gasteiger partial charge in [0.05, 0.1) is 5.92 Å². The van der Waals surface area contributed by atoms with Crippen molar-refractivity contribution in [3.05, 3.63) is 12.2 Å². The van der Waals surface area contributed by atoms with Crippen LogP contribution < -0.4 is 0 Å². The van der Waals surface area contributed by atoms with Crippen molar-refractivity contribution >= 4 is 5.97 Å². The summed E-state index contributed by atoms with van der Waals surface area (Å²) in [4.78, 5) is 11.0. The number of rotatable bonds is 5.